The highest BCUT2D eigenvalue weighted by molar-refractivity contribution is 5.94. The average Bonchev–Trinajstić information content (AvgIpc) is 2.68. The largest absolute Gasteiger partial charge is 0.415 e. The lowest BCUT2D eigenvalue weighted by Crippen LogP contribution is -2.47. The molecule has 5 heteroatoms. The molecule has 2 aromatic carbocycles. The molecule has 2 aromatic rings. The normalized spacial score (nSPS) is 15.2. The molecule has 0 spiro atoms. The smallest absolute Gasteiger partial charge is 0.410 e. The van der Waals surface area contributed by atoms with Crippen molar-refractivity contribution in [2.45, 2.75) is 45.1 Å². The Balaban J connectivity index is 1.48. The number of rotatable bonds is 3. The average molecular weight is 380 g/mol. The van der Waals surface area contributed by atoms with Crippen molar-refractivity contribution in [1.29, 1.82) is 0 Å². The molecule has 0 saturated carbocycles. The van der Waals surface area contributed by atoms with E-state index in [-0.39, 0.29) is 23.5 Å². The third-order valence-corrected chi connectivity index (χ3v) is 5.05. The molecular weight excluding hydrogens is 352 g/mol. The van der Waals surface area contributed by atoms with Gasteiger partial charge in [-0.1, -0.05) is 51.1 Å². The van der Waals surface area contributed by atoms with Crippen LogP contribution in [0.2, 0.25) is 0 Å². The molecule has 148 valence electrons. The minimum Gasteiger partial charge on any atom is -0.410 e. The maximum absolute atomic E-state index is 12.5. The maximum Gasteiger partial charge on any atom is 0.415 e. The van der Waals surface area contributed by atoms with Gasteiger partial charge in [0.05, 0.1) is 0 Å². The number of ether oxygens (including phenoxy) is 1. The molecule has 0 bridgehead atoms. The van der Waals surface area contributed by atoms with Crippen LogP contribution in [0, 0.1) is 0 Å². The van der Waals surface area contributed by atoms with Crippen molar-refractivity contribution in [1.82, 2.24) is 10.2 Å². The highest BCUT2D eigenvalue weighted by atomic mass is 16.6. The summed E-state index contributed by atoms with van der Waals surface area (Å²) in [5.41, 5.74) is 1.93. The fourth-order valence-corrected chi connectivity index (χ4v) is 3.25. The van der Waals surface area contributed by atoms with E-state index >= 15 is 0 Å². The Morgan fingerprint density at radius 3 is 2.14 bits per heavy atom. The molecular formula is C23H28N2O3. The van der Waals surface area contributed by atoms with Crippen molar-refractivity contribution < 1.29 is 14.3 Å². The zero-order valence-corrected chi connectivity index (χ0v) is 16.8. The number of benzene rings is 2. The van der Waals surface area contributed by atoms with Crippen LogP contribution in [0.25, 0.3) is 0 Å². The van der Waals surface area contributed by atoms with Gasteiger partial charge in [-0.15, -0.1) is 0 Å². The van der Waals surface area contributed by atoms with E-state index in [0.717, 1.165) is 12.8 Å². The summed E-state index contributed by atoms with van der Waals surface area (Å²) in [6, 6.07) is 16.9. The van der Waals surface area contributed by atoms with Crippen molar-refractivity contribution in [3.63, 3.8) is 0 Å². The van der Waals surface area contributed by atoms with E-state index in [9.17, 15) is 9.59 Å². The zero-order chi connectivity index (χ0) is 20.1. The number of likely N-dealkylation sites (tertiary alicyclic amines) is 1. The van der Waals surface area contributed by atoms with Gasteiger partial charge in [-0.05, 0) is 48.1 Å². The molecule has 28 heavy (non-hydrogen) atoms. The molecule has 1 saturated heterocycles. The van der Waals surface area contributed by atoms with Gasteiger partial charge in [-0.3, -0.25) is 4.79 Å². The Kier molecular flexibility index (Phi) is 6.02. The minimum atomic E-state index is -0.339. The fourth-order valence-electron chi connectivity index (χ4n) is 3.25. The van der Waals surface area contributed by atoms with E-state index in [1.54, 1.807) is 17.0 Å². The van der Waals surface area contributed by atoms with E-state index in [1.165, 1.54) is 5.56 Å². The van der Waals surface area contributed by atoms with Gasteiger partial charge in [0.2, 0.25) is 0 Å². The summed E-state index contributed by atoms with van der Waals surface area (Å²) >= 11 is 0. The van der Waals surface area contributed by atoms with Crippen LogP contribution in [0.5, 0.6) is 5.75 Å². The summed E-state index contributed by atoms with van der Waals surface area (Å²) in [5.74, 6) is 0.479. The van der Waals surface area contributed by atoms with E-state index in [1.807, 2.05) is 42.5 Å². The Bertz CT molecular complexity index is 802. The summed E-state index contributed by atoms with van der Waals surface area (Å²) in [7, 11) is 0. The number of nitrogens with one attached hydrogen (secondary N) is 1. The molecule has 1 fully saturated rings. The van der Waals surface area contributed by atoms with Crippen molar-refractivity contribution >= 4 is 12.0 Å². The first-order valence-corrected chi connectivity index (χ1v) is 9.76. The van der Waals surface area contributed by atoms with Crippen molar-refractivity contribution in [3.8, 4) is 5.75 Å². The second kappa shape index (κ2) is 8.46. The Hall–Kier alpha value is -2.82. The highest BCUT2D eigenvalue weighted by Gasteiger charge is 2.25. The van der Waals surface area contributed by atoms with Crippen LogP contribution in [-0.2, 0) is 5.41 Å². The fraction of sp³-hybridized carbons (Fsp3) is 0.391. The molecule has 5 nitrogen and oxygen atoms in total. The standard InChI is InChI=1S/C23H28N2O3/c1-23(2,3)18-11-9-17(10-12-18)21(26)24-19-13-15-25(16-14-19)22(27)28-20-7-5-4-6-8-20/h4-12,19H,13-16H2,1-3H3,(H,24,26). The summed E-state index contributed by atoms with van der Waals surface area (Å²) < 4.78 is 5.38. The minimum absolute atomic E-state index is 0.0641. The number of carbonyl (C=O) groups is 2. The summed E-state index contributed by atoms with van der Waals surface area (Å²) in [6.45, 7) is 7.59. The van der Waals surface area contributed by atoms with E-state index in [4.69, 9.17) is 4.74 Å². The second-order valence-electron chi connectivity index (χ2n) is 8.24. The topological polar surface area (TPSA) is 58.6 Å². The predicted octanol–water partition coefficient (Wildman–Crippen LogP) is 4.38. The van der Waals surface area contributed by atoms with Crippen LogP contribution in [-0.4, -0.2) is 36.0 Å². The van der Waals surface area contributed by atoms with Crippen LogP contribution in [0.4, 0.5) is 4.79 Å². The number of nitrogens with zero attached hydrogens (tertiary/aromatic N) is 1. The lowest BCUT2D eigenvalue weighted by molar-refractivity contribution is 0.0910. The van der Waals surface area contributed by atoms with Crippen molar-refractivity contribution in [2.24, 2.45) is 0 Å². The van der Waals surface area contributed by atoms with Gasteiger partial charge >= 0.3 is 6.09 Å². The first-order valence-electron chi connectivity index (χ1n) is 9.76. The molecule has 1 N–H and O–H groups in total. The molecule has 0 aromatic heterocycles. The number of hydrogen-bond donors (Lipinski definition) is 1. The first kappa shape index (κ1) is 19.9. The van der Waals surface area contributed by atoms with Gasteiger partial charge in [-0.2, -0.15) is 0 Å². The monoisotopic (exact) mass is 380 g/mol. The van der Waals surface area contributed by atoms with Gasteiger partial charge in [0.1, 0.15) is 5.75 Å². The lowest BCUT2D eigenvalue weighted by Gasteiger charge is -2.31. The Morgan fingerprint density at radius 1 is 0.964 bits per heavy atom. The molecule has 0 aliphatic carbocycles. The van der Waals surface area contributed by atoms with Crippen LogP contribution in [0.3, 0.4) is 0 Å². The molecule has 0 atom stereocenters. The zero-order valence-electron chi connectivity index (χ0n) is 16.8. The Morgan fingerprint density at radius 2 is 1.57 bits per heavy atom. The van der Waals surface area contributed by atoms with Crippen LogP contribution < -0.4 is 10.1 Å². The number of piperidine rings is 1. The molecule has 1 aliphatic heterocycles. The van der Waals surface area contributed by atoms with Crippen LogP contribution in [0.1, 0.15) is 49.5 Å². The number of hydrogen-bond acceptors (Lipinski definition) is 3. The quantitative estimate of drug-likeness (QED) is 0.860. The van der Waals surface area contributed by atoms with Gasteiger partial charge in [0.25, 0.3) is 5.91 Å². The number of para-hydroxylation sites is 1. The van der Waals surface area contributed by atoms with E-state index < -0.39 is 0 Å². The van der Waals surface area contributed by atoms with Crippen LogP contribution in [0.15, 0.2) is 54.6 Å². The van der Waals surface area contributed by atoms with E-state index in [2.05, 4.69) is 26.1 Å². The first-order chi connectivity index (χ1) is 13.3. The van der Waals surface area contributed by atoms with Gasteiger partial charge < -0.3 is 15.0 Å². The van der Waals surface area contributed by atoms with Gasteiger partial charge in [0.15, 0.2) is 0 Å². The van der Waals surface area contributed by atoms with E-state index in [0.29, 0.717) is 24.4 Å². The third kappa shape index (κ3) is 5.12. The molecule has 1 heterocycles. The SMILES string of the molecule is CC(C)(C)c1ccc(C(=O)NC2CCN(C(=O)Oc3ccccc3)CC2)cc1. The molecule has 3 rings (SSSR count). The highest BCUT2D eigenvalue weighted by Crippen LogP contribution is 2.22. The molecule has 0 radical (unpaired) electrons. The summed E-state index contributed by atoms with van der Waals surface area (Å²) in [6.07, 6.45) is 1.10. The number of amides is 2. The second-order valence-corrected chi connectivity index (χ2v) is 8.24. The van der Waals surface area contributed by atoms with Crippen molar-refractivity contribution in [3.05, 3.63) is 65.7 Å². The van der Waals surface area contributed by atoms with Crippen molar-refractivity contribution in [2.75, 3.05) is 13.1 Å². The number of carbonyl (C=O) groups excluding carboxylic acids is 2. The third-order valence-electron chi connectivity index (χ3n) is 5.05. The maximum atomic E-state index is 12.5. The van der Waals surface area contributed by atoms with Gasteiger partial charge in [-0.25, -0.2) is 4.79 Å². The molecule has 2 amide bonds. The van der Waals surface area contributed by atoms with Gasteiger partial charge in [0, 0.05) is 24.7 Å². The summed E-state index contributed by atoms with van der Waals surface area (Å²) in [5, 5.41) is 3.08. The van der Waals surface area contributed by atoms with Crippen LogP contribution >= 0.6 is 0 Å². The summed E-state index contributed by atoms with van der Waals surface area (Å²) in [4.78, 5) is 26.4. The lowest BCUT2D eigenvalue weighted by atomic mass is 9.86. The predicted molar refractivity (Wildman–Crippen MR) is 110 cm³/mol. The molecule has 1 aliphatic rings. The molecule has 0 unspecified atom stereocenters. The Labute approximate surface area is 166 Å².